The van der Waals surface area contributed by atoms with Crippen LogP contribution in [0.1, 0.15) is 29.0 Å². The number of aromatic nitrogens is 1. The Morgan fingerprint density at radius 2 is 1.97 bits per heavy atom. The van der Waals surface area contributed by atoms with Crippen LogP contribution in [0.2, 0.25) is 10.0 Å². The van der Waals surface area contributed by atoms with Gasteiger partial charge < -0.3 is 19.9 Å². The minimum absolute atomic E-state index is 0.0799. The zero-order valence-corrected chi connectivity index (χ0v) is 20.0. The van der Waals surface area contributed by atoms with Gasteiger partial charge >= 0.3 is 0 Å². The molecule has 1 aromatic carbocycles. The normalized spacial score (nSPS) is 21.3. The summed E-state index contributed by atoms with van der Waals surface area (Å²) in [6.45, 7) is 7.04. The molecule has 2 saturated heterocycles. The Balaban J connectivity index is 1.34. The SMILES string of the molecule is Cc1onc(-c2c(Cl)cccc2Cl)c1C(=O)C1CNC(C(=O)NCCCN2CCOCC2)C1. The number of hydrogen-bond acceptors (Lipinski definition) is 7. The molecule has 2 aliphatic rings. The Kier molecular flexibility index (Phi) is 8.03. The van der Waals surface area contributed by atoms with E-state index < -0.39 is 6.04 Å². The van der Waals surface area contributed by atoms with Crippen LogP contribution in [0, 0.1) is 12.8 Å². The molecule has 8 nitrogen and oxygen atoms in total. The van der Waals surface area contributed by atoms with E-state index in [0.717, 1.165) is 39.3 Å². The summed E-state index contributed by atoms with van der Waals surface area (Å²) in [5, 5.41) is 11.0. The number of amides is 1. The Morgan fingerprint density at radius 3 is 2.70 bits per heavy atom. The first kappa shape index (κ1) is 24.2. The highest BCUT2D eigenvalue weighted by molar-refractivity contribution is 6.39. The highest BCUT2D eigenvalue weighted by Crippen LogP contribution is 2.38. The first-order chi connectivity index (χ1) is 16.0. The summed E-state index contributed by atoms with van der Waals surface area (Å²) in [7, 11) is 0. The van der Waals surface area contributed by atoms with E-state index in [1.165, 1.54) is 0 Å². The lowest BCUT2D eigenvalue weighted by Crippen LogP contribution is -2.42. The summed E-state index contributed by atoms with van der Waals surface area (Å²) in [6.07, 6.45) is 1.29. The van der Waals surface area contributed by atoms with Crippen LogP contribution >= 0.6 is 23.2 Å². The highest BCUT2D eigenvalue weighted by atomic mass is 35.5. The molecule has 4 rings (SSSR count). The van der Waals surface area contributed by atoms with E-state index >= 15 is 0 Å². The van der Waals surface area contributed by atoms with Crippen molar-refractivity contribution in [1.82, 2.24) is 20.7 Å². The van der Waals surface area contributed by atoms with Crippen LogP contribution in [0.4, 0.5) is 0 Å². The third kappa shape index (κ3) is 5.58. The van der Waals surface area contributed by atoms with Gasteiger partial charge in [0.25, 0.3) is 0 Å². The van der Waals surface area contributed by atoms with Crippen molar-refractivity contribution in [2.45, 2.75) is 25.8 Å². The fourth-order valence-electron chi connectivity index (χ4n) is 4.36. The van der Waals surface area contributed by atoms with Gasteiger partial charge in [-0.2, -0.15) is 0 Å². The lowest BCUT2D eigenvalue weighted by Gasteiger charge is -2.26. The number of morpholine rings is 1. The lowest BCUT2D eigenvalue weighted by atomic mass is 9.92. The van der Waals surface area contributed by atoms with E-state index in [4.69, 9.17) is 32.5 Å². The molecule has 0 spiro atoms. The van der Waals surface area contributed by atoms with Crippen molar-refractivity contribution >= 4 is 34.9 Å². The predicted octanol–water partition coefficient (Wildman–Crippen LogP) is 2.96. The molecule has 0 bridgehead atoms. The van der Waals surface area contributed by atoms with Crippen molar-refractivity contribution in [1.29, 1.82) is 0 Å². The van der Waals surface area contributed by atoms with Crippen LogP contribution in [0.15, 0.2) is 22.7 Å². The Morgan fingerprint density at radius 1 is 1.24 bits per heavy atom. The maximum atomic E-state index is 13.4. The van der Waals surface area contributed by atoms with Crippen molar-refractivity contribution < 1.29 is 18.8 Å². The lowest BCUT2D eigenvalue weighted by molar-refractivity contribution is -0.122. The van der Waals surface area contributed by atoms with E-state index in [9.17, 15) is 9.59 Å². The minimum atomic E-state index is -0.408. The van der Waals surface area contributed by atoms with Crippen LogP contribution in [-0.2, 0) is 9.53 Å². The van der Waals surface area contributed by atoms with E-state index in [1.54, 1.807) is 25.1 Å². The second-order valence-corrected chi connectivity index (χ2v) is 9.23. The van der Waals surface area contributed by atoms with Gasteiger partial charge in [0, 0.05) is 37.7 Å². The molecule has 178 valence electrons. The number of ketones is 1. The highest BCUT2D eigenvalue weighted by Gasteiger charge is 2.37. The van der Waals surface area contributed by atoms with Gasteiger partial charge in [0.2, 0.25) is 5.91 Å². The zero-order chi connectivity index (χ0) is 23.4. The van der Waals surface area contributed by atoms with Crippen molar-refractivity contribution in [3.05, 3.63) is 39.6 Å². The molecular formula is C23H28Cl2N4O4. The molecule has 10 heteroatoms. The topological polar surface area (TPSA) is 96.7 Å². The van der Waals surface area contributed by atoms with E-state index in [-0.39, 0.29) is 17.6 Å². The van der Waals surface area contributed by atoms with E-state index in [2.05, 4.69) is 20.7 Å². The molecule has 0 radical (unpaired) electrons. The molecule has 2 fully saturated rings. The van der Waals surface area contributed by atoms with E-state index in [1.807, 2.05) is 0 Å². The summed E-state index contributed by atoms with van der Waals surface area (Å²) in [5.41, 5.74) is 1.18. The smallest absolute Gasteiger partial charge is 0.237 e. The average molecular weight is 495 g/mol. The molecule has 2 aliphatic heterocycles. The number of rotatable bonds is 8. The van der Waals surface area contributed by atoms with Gasteiger partial charge in [-0.05, 0) is 38.4 Å². The molecule has 2 unspecified atom stereocenters. The molecule has 2 aromatic rings. The second-order valence-electron chi connectivity index (χ2n) is 8.42. The summed E-state index contributed by atoms with van der Waals surface area (Å²) >= 11 is 12.7. The Hall–Kier alpha value is -1.97. The third-order valence-electron chi connectivity index (χ3n) is 6.18. The average Bonchev–Trinajstić information content (AvgIpc) is 3.44. The molecule has 3 heterocycles. The van der Waals surface area contributed by atoms with Crippen molar-refractivity contribution in [3.63, 3.8) is 0 Å². The maximum Gasteiger partial charge on any atom is 0.237 e. The third-order valence-corrected chi connectivity index (χ3v) is 6.81. The van der Waals surface area contributed by atoms with Gasteiger partial charge in [-0.25, -0.2) is 0 Å². The van der Waals surface area contributed by atoms with Crippen LogP contribution in [0.25, 0.3) is 11.3 Å². The summed E-state index contributed by atoms with van der Waals surface area (Å²) < 4.78 is 10.7. The number of nitrogens with zero attached hydrogens (tertiary/aromatic N) is 2. The van der Waals surface area contributed by atoms with Gasteiger partial charge in [0.15, 0.2) is 5.78 Å². The molecule has 0 aliphatic carbocycles. The van der Waals surface area contributed by atoms with Crippen LogP contribution in [-0.4, -0.2) is 73.7 Å². The monoisotopic (exact) mass is 494 g/mol. The fraction of sp³-hybridized carbons (Fsp3) is 0.522. The predicted molar refractivity (Wildman–Crippen MR) is 126 cm³/mol. The molecular weight excluding hydrogens is 467 g/mol. The number of hydrogen-bond donors (Lipinski definition) is 2. The van der Waals surface area contributed by atoms with Crippen molar-refractivity contribution in [2.75, 3.05) is 45.9 Å². The molecule has 0 saturated carbocycles. The van der Waals surface area contributed by atoms with Crippen molar-refractivity contribution in [2.24, 2.45) is 5.92 Å². The van der Waals surface area contributed by atoms with Crippen LogP contribution in [0.5, 0.6) is 0 Å². The van der Waals surface area contributed by atoms with Crippen molar-refractivity contribution in [3.8, 4) is 11.3 Å². The first-order valence-electron chi connectivity index (χ1n) is 11.2. The Bertz CT molecular complexity index is 986. The number of carbonyl (C=O) groups is 2. The summed E-state index contributed by atoms with van der Waals surface area (Å²) in [4.78, 5) is 28.3. The second kappa shape index (κ2) is 11.0. The fourth-order valence-corrected chi connectivity index (χ4v) is 4.93. The largest absolute Gasteiger partial charge is 0.379 e. The molecule has 1 amide bonds. The number of nitrogens with one attached hydrogen (secondary N) is 2. The standard InChI is InChI=1S/C23H28Cl2N4O4/c1-14-19(21(28-33-14)20-16(24)4-2-5-17(20)25)22(30)15-12-18(27-13-15)23(31)26-6-3-7-29-8-10-32-11-9-29/h2,4-5,15,18,27H,3,6-13H2,1H3,(H,26,31). The Labute approximate surface area is 202 Å². The number of aryl methyl sites for hydroxylation is 1. The van der Waals surface area contributed by atoms with E-state index in [0.29, 0.717) is 52.1 Å². The number of benzene rings is 1. The summed E-state index contributed by atoms with van der Waals surface area (Å²) in [5.74, 6) is -0.173. The molecule has 1 aromatic heterocycles. The zero-order valence-electron chi connectivity index (χ0n) is 18.5. The maximum absolute atomic E-state index is 13.4. The molecule has 2 atom stereocenters. The minimum Gasteiger partial charge on any atom is -0.379 e. The van der Waals surface area contributed by atoms with Gasteiger partial charge in [-0.1, -0.05) is 34.4 Å². The number of carbonyl (C=O) groups excluding carboxylic acids is 2. The number of Topliss-reactive ketones (excluding diaryl/α,β-unsaturated/α-hetero) is 1. The quantitative estimate of drug-likeness (QED) is 0.430. The first-order valence-corrected chi connectivity index (χ1v) is 12.0. The van der Waals surface area contributed by atoms with Gasteiger partial charge in [-0.3, -0.25) is 14.5 Å². The number of halogens is 2. The molecule has 2 N–H and O–H groups in total. The number of ether oxygens (including phenoxy) is 1. The van der Waals surface area contributed by atoms with Crippen LogP contribution < -0.4 is 10.6 Å². The van der Waals surface area contributed by atoms with Gasteiger partial charge in [-0.15, -0.1) is 0 Å². The summed E-state index contributed by atoms with van der Waals surface area (Å²) in [6, 6.07) is 4.71. The molecule has 33 heavy (non-hydrogen) atoms. The van der Waals surface area contributed by atoms with Gasteiger partial charge in [0.05, 0.1) is 34.9 Å². The van der Waals surface area contributed by atoms with Gasteiger partial charge in [0.1, 0.15) is 11.5 Å². The van der Waals surface area contributed by atoms with Crippen LogP contribution in [0.3, 0.4) is 0 Å².